The third kappa shape index (κ3) is 1.96. The van der Waals surface area contributed by atoms with Gasteiger partial charge in [-0.2, -0.15) is 5.10 Å². The van der Waals surface area contributed by atoms with Crippen LogP contribution in [0.5, 0.6) is 0 Å². The third-order valence-electron chi connectivity index (χ3n) is 3.29. The van der Waals surface area contributed by atoms with Crippen LogP contribution in [-0.4, -0.2) is 21.3 Å². The van der Waals surface area contributed by atoms with Crippen molar-refractivity contribution in [1.29, 1.82) is 0 Å². The van der Waals surface area contributed by atoms with Crippen molar-refractivity contribution in [2.75, 3.05) is 6.54 Å². The number of aryl methyl sites for hydroxylation is 1. The van der Waals surface area contributed by atoms with E-state index >= 15 is 0 Å². The van der Waals surface area contributed by atoms with E-state index in [2.05, 4.69) is 21.5 Å². The molecular weight excluding hydrogens is 212 g/mol. The largest absolute Gasteiger partial charge is 0.309 e. The molecule has 4 heteroatoms. The maximum Gasteiger partial charge on any atom is 0.0800 e. The summed E-state index contributed by atoms with van der Waals surface area (Å²) < 4.78 is 1.95. The van der Waals surface area contributed by atoms with Crippen LogP contribution >= 0.6 is 0 Å². The number of nitrogens with one attached hydrogen (secondary N) is 1. The molecule has 0 aliphatic carbocycles. The van der Waals surface area contributed by atoms with E-state index < -0.39 is 0 Å². The molecule has 1 atom stereocenters. The van der Waals surface area contributed by atoms with E-state index in [0.29, 0.717) is 6.04 Å². The average Bonchev–Trinajstić information content (AvgIpc) is 2.99. The van der Waals surface area contributed by atoms with E-state index in [9.17, 15) is 0 Å². The van der Waals surface area contributed by atoms with Crippen molar-refractivity contribution in [2.24, 2.45) is 7.05 Å². The molecule has 1 N–H and O–H groups in total. The molecule has 1 saturated heterocycles. The summed E-state index contributed by atoms with van der Waals surface area (Å²) in [7, 11) is 1.99. The molecule has 1 fully saturated rings. The average molecular weight is 228 g/mol. The molecule has 0 saturated carbocycles. The first kappa shape index (κ1) is 10.5. The van der Waals surface area contributed by atoms with Crippen LogP contribution in [-0.2, 0) is 7.05 Å². The van der Waals surface area contributed by atoms with Gasteiger partial charge >= 0.3 is 0 Å². The van der Waals surface area contributed by atoms with Crippen LogP contribution in [0, 0.1) is 0 Å². The predicted octanol–water partition coefficient (Wildman–Crippen LogP) is 1.91. The van der Waals surface area contributed by atoms with E-state index in [0.717, 1.165) is 17.9 Å². The van der Waals surface area contributed by atoms with Crippen LogP contribution in [0.3, 0.4) is 0 Å². The van der Waals surface area contributed by atoms with Gasteiger partial charge in [0.2, 0.25) is 0 Å². The third-order valence-corrected chi connectivity index (χ3v) is 3.29. The van der Waals surface area contributed by atoms with Crippen LogP contribution in [0.1, 0.15) is 24.6 Å². The molecule has 88 valence electrons. The van der Waals surface area contributed by atoms with Gasteiger partial charge in [0.15, 0.2) is 0 Å². The lowest BCUT2D eigenvalue weighted by Gasteiger charge is -2.04. The normalized spacial score (nSPS) is 19.7. The Morgan fingerprint density at radius 3 is 2.88 bits per heavy atom. The summed E-state index contributed by atoms with van der Waals surface area (Å²) in [5.41, 5.74) is 3.46. The Balaban J connectivity index is 1.96. The van der Waals surface area contributed by atoms with Crippen molar-refractivity contribution >= 4 is 0 Å². The van der Waals surface area contributed by atoms with Crippen LogP contribution in [0.25, 0.3) is 11.3 Å². The Morgan fingerprint density at radius 2 is 2.18 bits per heavy atom. The van der Waals surface area contributed by atoms with Crippen molar-refractivity contribution in [3.05, 3.63) is 36.3 Å². The number of aromatic nitrogens is 3. The minimum absolute atomic E-state index is 0.428. The molecule has 2 aromatic heterocycles. The van der Waals surface area contributed by atoms with Gasteiger partial charge in [-0.15, -0.1) is 0 Å². The highest BCUT2D eigenvalue weighted by molar-refractivity contribution is 5.59. The van der Waals surface area contributed by atoms with Crippen molar-refractivity contribution in [3.63, 3.8) is 0 Å². The van der Waals surface area contributed by atoms with Crippen molar-refractivity contribution in [2.45, 2.75) is 18.9 Å². The SMILES string of the molecule is Cn1nc(C2CCCN2)cc1-c1ccncc1. The smallest absolute Gasteiger partial charge is 0.0800 e. The highest BCUT2D eigenvalue weighted by Gasteiger charge is 2.20. The molecule has 1 aliphatic rings. The van der Waals surface area contributed by atoms with Crippen LogP contribution in [0.15, 0.2) is 30.6 Å². The molecule has 4 nitrogen and oxygen atoms in total. The molecule has 3 heterocycles. The zero-order valence-corrected chi connectivity index (χ0v) is 9.93. The highest BCUT2D eigenvalue weighted by atomic mass is 15.3. The summed E-state index contributed by atoms with van der Waals surface area (Å²) in [4.78, 5) is 4.04. The number of hydrogen-bond acceptors (Lipinski definition) is 3. The lowest BCUT2D eigenvalue weighted by atomic mass is 10.1. The Kier molecular flexibility index (Phi) is 2.65. The predicted molar refractivity (Wildman–Crippen MR) is 66.4 cm³/mol. The first-order valence-corrected chi connectivity index (χ1v) is 6.02. The van der Waals surface area contributed by atoms with Crippen LogP contribution in [0.2, 0.25) is 0 Å². The molecule has 17 heavy (non-hydrogen) atoms. The Labute approximate surface area is 101 Å². The molecule has 2 aromatic rings. The Morgan fingerprint density at radius 1 is 1.35 bits per heavy atom. The van der Waals surface area contributed by atoms with Gasteiger partial charge in [0.1, 0.15) is 0 Å². The second-order valence-electron chi connectivity index (χ2n) is 4.46. The zero-order valence-electron chi connectivity index (χ0n) is 9.93. The Hall–Kier alpha value is -1.68. The van der Waals surface area contributed by atoms with Gasteiger partial charge in [0.25, 0.3) is 0 Å². The molecule has 0 aromatic carbocycles. The van der Waals surface area contributed by atoms with Crippen molar-refractivity contribution in [3.8, 4) is 11.3 Å². The van der Waals surface area contributed by atoms with Gasteiger partial charge in [-0.1, -0.05) is 0 Å². The van der Waals surface area contributed by atoms with Gasteiger partial charge < -0.3 is 5.32 Å². The lowest BCUT2D eigenvalue weighted by Crippen LogP contribution is -2.13. The van der Waals surface area contributed by atoms with Gasteiger partial charge in [-0.25, -0.2) is 0 Å². The fourth-order valence-corrected chi connectivity index (χ4v) is 2.39. The monoisotopic (exact) mass is 228 g/mol. The fourth-order valence-electron chi connectivity index (χ4n) is 2.39. The number of pyridine rings is 1. The maximum atomic E-state index is 4.60. The summed E-state index contributed by atoms with van der Waals surface area (Å²) in [5, 5.41) is 8.08. The number of rotatable bonds is 2. The molecule has 0 radical (unpaired) electrons. The second kappa shape index (κ2) is 4.30. The Bertz CT molecular complexity index is 497. The van der Waals surface area contributed by atoms with E-state index in [-0.39, 0.29) is 0 Å². The quantitative estimate of drug-likeness (QED) is 0.853. The number of nitrogens with zero attached hydrogens (tertiary/aromatic N) is 3. The number of hydrogen-bond donors (Lipinski definition) is 1. The first-order chi connectivity index (χ1) is 8.34. The molecule has 0 bridgehead atoms. The van der Waals surface area contributed by atoms with Gasteiger partial charge in [0, 0.05) is 25.0 Å². The lowest BCUT2D eigenvalue weighted by molar-refractivity contribution is 0.607. The van der Waals surface area contributed by atoms with Crippen LogP contribution in [0.4, 0.5) is 0 Å². The summed E-state index contributed by atoms with van der Waals surface area (Å²) in [6.45, 7) is 1.10. The minimum Gasteiger partial charge on any atom is -0.309 e. The summed E-state index contributed by atoms with van der Waals surface area (Å²) >= 11 is 0. The summed E-state index contributed by atoms with van der Waals surface area (Å²) in [6.07, 6.45) is 6.06. The standard InChI is InChI=1S/C13H16N4/c1-17-13(10-4-7-14-8-5-10)9-12(16-17)11-3-2-6-15-11/h4-5,7-9,11,15H,2-3,6H2,1H3. The fraction of sp³-hybridized carbons (Fsp3) is 0.385. The van der Waals surface area contributed by atoms with E-state index in [1.54, 1.807) is 0 Å². The molecule has 0 spiro atoms. The van der Waals surface area contributed by atoms with E-state index in [1.807, 2.05) is 36.3 Å². The van der Waals surface area contributed by atoms with Crippen molar-refractivity contribution in [1.82, 2.24) is 20.1 Å². The molecule has 3 rings (SSSR count). The first-order valence-electron chi connectivity index (χ1n) is 6.02. The van der Waals surface area contributed by atoms with Crippen molar-refractivity contribution < 1.29 is 0 Å². The van der Waals surface area contributed by atoms with E-state index in [1.165, 1.54) is 18.4 Å². The topological polar surface area (TPSA) is 42.7 Å². The van der Waals surface area contributed by atoms with Gasteiger partial charge in [-0.3, -0.25) is 9.67 Å². The zero-order chi connectivity index (χ0) is 11.7. The molecule has 1 aliphatic heterocycles. The molecule has 1 unspecified atom stereocenters. The second-order valence-corrected chi connectivity index (χ2v) is 4.46. The van der Waals surface area contributed by atoms with Gasteiger partial charge in [-0.05, 0) is 37.6 Å². The molecule has 0 amide bonds. The van der Waals surface area contributed by atoms with Gasteiger partial charge in [0.05, 0.1) is 17.4 Å². The molecular formula is C13H16N4. The maximum absolute atomic E-state index is 4.60. The highest BCUT2D eigenvalue weighted by Crippen LogP contribution is 2.26. The summed E-state index contributed by atoms with van der Waals surface area (Å²) in [6, 6.07) is 6.64. The van der Waals surface area contributed by atoms with Crippen LogP contribution < -0.4 is 5.32 Å². The summed E-state index contributed by atoms with van der Waals surface area (Å²) in [5.74, 6) is 0. The van der Waals surface area contributed by atoms with E-state index in [4.69, 9.17) is 0 Å². The minimum atomic E-state index is 0.428.